The maximum Gasteiger partial charge on any atom is 0.255 e. The molecule has 4 aromatic rings. The molecule has 0 unspecified atom stereocenters. The second-order valence-electron chi connectivity index (χ2n) is 5.82. The van der Waals surface area contributed by atoms with Crippen molar-refractivity contribution in [2.45, 2.75) is 6.61 Å². The Bertz CT molecular complexity index is 1090. The van der Waals surface area contributed by atoms with Crippen LogP contribution in [0.4, 0.5) is 4.39 Å². The molecule has 0 atom stereocenters. The number of thiazole rings is 1. The minimum Gasteiger partial charge on any atom is -0.487 e. The predicted molar refractivity (Wildman–Crippen MR) is 101 cm³/mol. The van der Waals surface area contributed by atoms with E-state index in [0.29, 0.717) is 40.2 Å². The first-order valence-corrected chi connectivity index (χ1v) is 9.14. The number of halogens is 1. The summed E-state index contributed by atoms with van der Waals surface area (Å²) in [5, 5.41) is 5.18. The van der Waals surface area contributed by atoms with Gasteiger partial charge in [0.1, 0.15) is 29.5 Å². The number of hydrogen-bond donors (Lipinski definition) is 1. The maximum atomic E-state index is 13.3. The third kappa shape index (κ3) is 3.41. The number of hydrogen-bond acceptors (Lipinski definition) is 5. The molecule has 2 aromatic heterocycles. The highest BCUT2D eigenvalue weighted by atomic mass is 32.1. The minimum atomic E-state index is -0.353. The molecule has 0 aliphatic rings. The van der Waals surface area contributed by atoms with E-state index in [1.807, 2.05) is 5.38 Å². The van der Waals surface area contributed by atoms with Crippen LogP contribution in [0.15, 0.2) is 57.8 Å². The van der Waals surface area contributed by atoms with Gasteiger partial charge in [-0.1, -0.05) is 0 Å². The van der Waals surface area contributed by atoms with Crippen LogP contribution in [-0.2, 0) is 6.61 Å². The van der Waals surface area contributed by atoms with Gasteiger partial charge in [-0.05, 0) is 42.5 Å². The van der Waals surface area contributed by atoms with Crippen molar-refractivity contribution in [3.8, 4) is 17.1 Å². The number of fused-ring (bicyclic) bond motifs is 1. The van der Waals surface area contributed by atoms with Crippen LogP contribution in [0.1, 0.15) is 16.1 Å². The number of nitrogens with one attached hydrogen (secondary N) is 1. The van der Waals surface area contributed by atoms with Crippen LogP contribution in [0.3, 0.4) is 0 Å². The molecule has 0 bridgehead atoms. The third-order valence-corrected chi connectivity index (χ3v) is 4.73. The number of aromatic nitrogens is 1. The van der Waals surface area contributed by atoms with Crippen LogP contribution < -0.4 is 10.1 Å². The van der Waals surface area contributed by atoms with Crippen LogP contribution in [0.25, 0.3) is 22.3 Å². The fourth-order valence-electron chi connectivity index (χ4n) is 2.79. The van der Waals surface area contributed by atoms with Crippen LogP contribution in [0.5, 0.6) is 5.75 Å². The second kappa shape index (κ2) is 7.20. The molecule has 2 heterocycles. The number of carbonyl (C=O) groups is 1. The second-order valence-corrected chi connectivity index (χ2v) is 6.54. The molecule has 0 spiro atoms. The van der Waals surface area contributed by atoms with Gasteiger partial charge in [0.25, 0.3) is 5.91 Å². The largest absolute Gasteiger partial charge is 0.487 e. The molecule has 2 aromatic carbocycles. The first kappa shape index (κ1) is 17.2. The molecule has 1 amide bonds. The van der Waals surface area contributed by atoms with Gasteiger partial charge in [0.2, 0.25) is 0 Å². The van der Waals surface area contributed by atoms with Crippen molar-refractivity contribution in [1.82, 2.24) is 10.3 Å². The number of rotatable bonds is 5. The van der Waals surface area contributed by atoms with Crippen molar-refractivity contribution in [2.75, 3.05) is 7.05 Å². The predicted octanol–water partition coefficient (Wildman–Crippen LogP) is 4.63. The number of ether oxygens (including phenoxy) is 1. The Labute approximate surface area is 158 Å². The van der Waals surface area contributed by atoms with Crippen molar-refractivity contribution in [2.24, 2.45) is 0 Å². The van der Waals surface area contributed by atoms with Gasteiger partial charge in [0, 0.05) is 23.4 Å². The minimum absolute atomic E-state index is 0.287. The fraction of sp³-hybridized carbons (Fsp3) is 0.100. The van der Waals surface area contributed by atoms with Crippen molar-refractivity contribution < 1.29 is 18.3 Å². The van der Waals surface area contributed by atoms with Gasteiger partial charge in [-0.25, -0.2) is 9.37 Å². The summed E-state index contributed by atoms with van der Waals surface area (Å²) < 4.78 is 24.9. The molecule has 5 nitrogen and oxygen atoms in total. The molecule has 0 radical (unpaired) electrons. The summed E-state index contributed by atoms with van der Waals surface area (Å²) in [6.45, 7) is 0.340. The van der Waals surface area contributed by atoms with Crippen LogP contribution >= 0.6 is 11.3 Å². The molecular weight excluding hydrogens is 367 g/mol. The monoisotopic (exact) mass is 382 g/mol. The van der Waals surface area contributed by atoms with E-state index in [9.17, 15) is 9.18 Å². The van der Waals surface area contributed by atoms with E-state index in [2.05, 4.69) is 10.3 Å². The molecule has 27 heavy (non-hydrogen) atoms. The van der Waals surface area contributed by atoms with Gasteiger partial charge < -0.3 is 14.5 Å². The van der Waals surface area contributed by atoms with Crippen LogP contribution in [-0.4, -0.2) is 17.9 Å². The summed E-state index contributed by atoms with van der Waals surface area (Å²) in [5.74, 6) is 0.354. The summed E-state index contributed by atoms with van der Waals surface area (Å²) in [4.78, 5) is 16.7. The van der Waals surface area contributed by atoms with E-state index < -0.39 is 0 Å². The summed E-state index contributed by atoms with van der Waals surface area (Å²) in [5.41, 5.74) is 4.14. The zero-order valence-corrected chi connectivity index (χ0v) is 15.2. The summed E-state index contributed by atoms with van der Waals surface area (Å²) in [6, 6.07) is 11.1. The Balaban J connectivity index is 1.77. The molecule has 0 saturated heterocycles. The Morgan fingerprint density at radius 3 is 2.78 bits per heavy atom. The highest BCUT2D eigenvalue weighted by Gasteiger charge is 2.22. The molecule has 136 valence electrons. The van der Waals surface area contributed by atoms with Gasteiger partial charge in [-0.15, -0.1) is 11.3 Å². The zero-order chi connectivity index (χ0) is 18.8. The van der Waals surface area contributed by atoms with Crippen LogP contribution in [0.2, 0.25) is 0 Å². The van der Waals surface area contributed by atoms with Gasteiger partial charge >= 0.3 is 0 Å². The first-order valence-electron chi connectivity index (χ1n) is 8.20. The molecule has 1 N–H and O–H groups in total. The zero-order valence-electron chi connectivity index (χ0n) is 14.4. The Kier molecular flexibility index (Phi) is 4.60. The molecule has 0 saturated carbocycles. The fourth-order valence-corrected chi connectivity index (χ4v) is 3.33. The van der Waals surface area contributed by atoms with E-state index in [0.717, 1.165) is 5.69 Å². The lowest BCUT2D eigenvalue weighted by atomic mass is 10.0. The number of amides is 1. The standard InChI is InChI=1S/C20H15FN2O3S/c1-22-20(24)18-16-8-15(25-9-14-10-27-11-23-14)6-7-17(16)26-19(18)12-2-4-13(21)5-3-12/h2-8,10-11H,9H2,1H3,(H,22,24). The Morgan fingerprint density at radius 1 is 1.26 bits per heavy atom. The van der Waals surface area contributed by atoms with E-state index >= 15 is 0 Å². The first-order chi connectivity index (χ1) is 13.2. The van der Waals surface area contributed by atoms with Crippen molar-refractivity contribution in [3.05, 3.63) is 70.4 Å². The smallest absolute Gasteiger partial charge is 0.255 e. The quantitative estimate of drug-likeness (QED) is 0.546. The van der Waals surface area contributed by atoms with Crippen molar-refractivity contribution in [3.63, 3.8) is 0 Å². The topological polar surface area (TPSA) is 64.4 Å². The highest BCUT2D eigenvalue weighted by Crippen LogP contribution is 2.35. The average Bonchev–Trinajstić information content (AvgIpc) is 3.33. The summed E-state index contributed by atoms with van der Waals surface area (Å²) in [6.07, 6.45) is 0. The molecule has 0 aliphatic carbocycles. The van der Waals surface area contributed by atoms with Gasteiger partial charge in [-0.3, -0.25) is 4.79 Å². The van der Waals surface area contributed by atoms with Crippen molar-refractivity contribution >= 4 is 28.2 Å². The van der Waals surface area contributed by atoms with E-state index in [1.54, 1.807) is 42.9 Å². The molecule has 4 rings (SSSR count). The lowest BCUT2D eigenvalue weighted by Crippen LogP contribution is -2.18. The van der Waals surface area contributed by atoms with E-state index in [4.69, 9.17) is 9.15 Å². The average molecular weight is 382 g/mol. The number of benzene rings is 2. The van der Waals surface area contributed by atoms with Crippen molar-refractivity contribution in [1.29, 1.82) is 0 Å². The molecular formula is C20H15FN2O3S. The summed E-state index contributed by atoms with van der Waals surface area (Å²) >= 11 is 1.50. The Morgan fingerprint density at radius 2 is 2.07 bits per heavy atom. The molecule has 0 aliphatic heterocycles. The van der Waals surface area contributed by atoms with Gasteiger partial charge in [0.05, 0.1) is 16.8 Å². The highest BCUT2D eigenvalue weighted by molar-refractivity contribution is 7.07. The number of furan rings is 1. The maximum absolute atomic E-state index is 13.3. The van der Waals surface area contributed by atoms with E-state index in [1.165, 1.54) is 23.5 Å². The lowest BCUT2D eigenvalue weighted by Gasteiger charge is -2.05. The normalized spacial score (nSPS) is 10.9. The van der Waals surface area contributed by atoms with Gasteiger partial charge in [0.15, 0.2) is 0 Å². The van der Waals surface area contributed by atoms with Crippen LogP contribution in [0, 0.1) is 5.82 Å². The molecule has 7 heteroatoms. The SMILES string of the molecule is CNC(=O)c1c(-c2ccc(F)cc2)oc2ccc(OCc3cscn3)cc12. The molecule has 0 fully saturated rings. The summed E-state index contributed by atoms with van der Waals surface area (Å²) in [7, 11) is 1.55. The van der Waals surface area contributed by atoms with E-state index in [-0.39, 0.29) is 11.7 Å². The number of carbonyl (C=O) groups excluding carboxylic acids is 1. The lowest BCUT2D eigenvalue weighted by molar-refractivity contribution is 0.0964. The third-order valence-electron chi connectivity index (χ3n) is 4.09. The van der Waals surface area contributed by atoms with Gasteiger partial charge in [-0.2, -0.15) is 0 Å². The number of nitrogens with zero attached hydrogens (tertiary/aromatic N) is 1. The Hall–Kier alpha value is -3.19.